The molecule has 0 atom stereocenters. The Morgan fingerprint density at radius 3 is 2.18 bits per heavy atom. The summed E-state index contributed by atoms with van der Waals surface area (Å²) in [5.41, 5.74) is 6.92. The molecule has 0 saturated carbocycles. The van der Waals surface area contributed by atoms with Gasteiger partial charge in [-0.05, 0) is 6.07 Å². The van der Waals surface area contributed by atoms with Crippen molar-refractivity contribution in [1.29, 1.82) is 5.41 Å². The Kier molecular flexibility index (Phi) is 4.82. The number of nitrogen functional groups attached to an aromatic ring is 1. The summed E-state index contributed by atoms with van der Waals surface area (Å²) < 4.78 is 0. The zero-order valence-electron chi connectivity index (χ0n) is 6.96. The number of nitrogens with two attached hydrogens (primary N) is 1. The van der Waals surface area contributed by atoms with Gasteiger partial charge in [-0.15, -0.1) is 0 Å². The monoisotopic (exact) mass is 150 g/mol. The van der Waals surface area contributed by atoms with E-state index in [1.54, 1.807) is 6.07 Å². The van der Waals surface area contributed by atoms with Crippen LogP contribution in [0.25, 0.3) is 0 Å². The Morgan fingerprint density at radius 1 is 1.27 bits per heavy atom. The number of benzene rings is 1. The second-order valence-electron chi connectivity index (χ2n) is 1.77. The van der Waals surface area contributed by atoms with Crippen LogP contribution in [0.4, 0.5) is 5.69 Å². The molecule has 1 aromatic carbocycles. The van der Waals surface area contributed by atoms with Crippen molar-refractivity contribution in [3.63, 3.8) is 0 Å². The Labute approximate surface area is 67.6 Å². The molecule has 0 radical (unpaired) electrons. The molecule has 2 heteroatoms. The molecule has 0 saturated heterocycles. The maximum atomic E-state index is 6.88. The molecule has 1 rings (SSSR count). The second-order valence-corrected chi connectivity index (χ2v) is 1.77. The first-order chi connectivity index (χ1) is 5.34. The SMILES string of the molecule is CC.N=Cc1ccccc1N. The van der Waals surface area contributed by atoms with Crippen molar-refractivity contribution < 1.29 is 0 Å². The van der Waals surface area contributed by atoms with E-state index in [0.29, 0.717) is 5.69 Å². The van der Waals surface area contributed by atoms with Crippen molar-refractivity contribution >= 4 is 11.9 Å². The number of para-hydroxylation sites is 1. The van der Waals surface area contributed by atoms with Gasteiger partial charge in [0.05, 0.1) is 0 Å². The summed E-state index contributed by atoms with van der Waals surface area (Å²) in [6.07, 6.45) is 1.25. The van der Waals surface area contributed by atoms with Gasteiger partial charge in [0.15, 0.2) is 0 Å². The number of hydrogen-bond donors (Lipinski definition) is 2. The maximum absolute atomic E-state index is 6.88. The van der Waals surface area contributed by atoms with Gasteiger partial charge in [0.2, 0.25) is 0 Å². The summed E-state index contributed by atoms with van der Waals surface area (Å²) in [6, 6.07) is 7.29. The third-order valence-electron chi connectivity index (χ3n) is 1.15. The Bertz CT molecular complexity index is 219. The van der Waals surface area contributed by atoms with Crippen LogP contribution in [0, 0.1) is 5.41 Å². The molecule has 0 aliphatic rings. The Balaban J connectivity index is 0.000000461. The minimum atomic E-state index is 0.660. The summed E-state index contributed by atoms with van der Waals surface area (Å²) in [6.45, 7) is 4.00. The smallest absolute Gasteiger partial charge is 0.0402 e. The summed E-state index contributed by atoms with van der Waals surface area (Å²) >= 11 is 0. The van der Waals surface area contributed by atoms with Crippen LogP contribution in [-0.4, -0.2) is 6.21 Å². The predicted octanol–water partition coefficient (Wildman–Crippen LogP) is 2.29. The minimum Gasteiger partial charge on any atom is -0.398 e. The molecule has 0 amide bonds. The quantitative estimate of drug-likeness (QED) is 0.468. The first-order valence-electron chi connectivity index (χ1n) is 3.69. The van der Waals surface area contributed by atoms with E-state index in [-0.39, 0.29) is 0 Å². The minimum absolute atomic E-state index is 0.660. The first kappa shape index (κ1) is 9.69. The fourth-order valence-corrected chi connectivity index (χ4v) is 0.642. The number of anilines is 1. The lowest BCUT2D eigenvalue weighted by atomic mass is 10.2. The molecule has 0 bridgehead atoms. The van der Waals surface area contributed by atoms with Crippen LogP contribution in [0.15, 0.2) is 24.3 Å². The van der Waals surface area contributed by atoms with Crippen molar-refractivity contribution in [3.8, 4) is 0 Å². The van der Waals surface area contributed by atoms with Crippen molar-refractivity contribution in [2.45, 2.75) is 13.8 Å². The highest BCUT2D eigenvalue weighted by molar-refractivity contribution is 5.84. The Hall–Kier alpha value is -1.31. The van der Waals surface area contributed by atoms with Crippen LogP contribution in [0.1, 0.15) is 19.4 Å². The highest BCUT2D eigenvalue weighted by atomic mass is 14.6. The lowest BCUT2D eigenvalue weighted by Gasteiger charge is -1.94. The zero-order chi connectivity index (χ0) is 8.69. The predicted molar refractivity (Wildman–Crippen MR) is 50.1 cm³/mol. The Morgan fingerprint density at radius 2 is 1.82 bits per heavy atom. The van der Waals surface area contributed by atoms with Crippen molar-refractivity contribution in [2.75, 3.05) is 5.73 Å². The number of hydrogen-bond acceptors (Lipinski definition) is 2. The summed E-state index contributed by atoms with van der Waals surface area (Å²) in [4.78, 5) is 0. The van der Waals surface area contributed by atoms with E-state index in [9.17, 15) is 0 Å². The largest absolute Gasteiger partial charge is 0.398 e. The molecule has 0 heterocycles. The van der Waals surface area contributed by atoms with Gasteiger partial charge < -0.3 is 11.1 Å². The van der Waals surface area contributed by atoms with Crippen molar-refractivity contribution in [3.05, 3.63) is 29.8 Å². The average Bonchev–Trinajstić information content (AvgIpc) is 2.09. The molecule has 1 aromatic rings. The maximum Gasteiger partial charge on any atom is 0.0402 e. The number of nitrogens with one attached hydrogen (secondary N) is 1. The topological polar surface area (TPSA) is 49.9 Å². The third kappa shape index (κ3) is 2.85. The van der Waals surface area contributed by atoms with Crippen LogP contribution >= 0.6 is 0 Å². The molecule has 11 heavy (non-hydrogen) atoms. The van der Waals surface area contributed by atoms with Crippen LogP contribution in [0.3, 0.4) is 0 Å². The molecule has 0 unspecified atom stereocenters. The second kappa shape index (κ2) is 5.47. The fraction of sp³-hybridized carbons (Fsp3) is 0.222. The lowest BCUT2D eigenvalue weighted by molar-refractivity contribution is 1.50. The van der Waals surface area contributed by atoms with E-state index in [1.807, 2.05) is 32.0 Å². The number of rotatable bonds is 1. The molecule has 3 N–H and O–H groups in total. The molecule has 0 aliphatic heterocycles. The summed E-state index contributed by atoms with van der Waals surface area (Å²) in [7, 11) is 0. The van der Waals surface area contributed by atoms with E-state index < -0.39 is 0 Å². The normalized spacial score (nSPS) is 7.82. The summed E-state index contributed by atoms with van der Waals surface area (Å²) in [5, 5.41) is 6.88. The average molecular weight is 150 g/mol. The molecule has 60 valence electrons. The van der Waals surface area contributed by atoms with Gasteiger partial charge in [0.25, 0.3) is 0 Å². The van der Waals surface area contributed by atoms with Gasteiger partial charge in [-0.2, -0.15) is 0 Å². The molecular weight excluding hydrogens is 136 g/mol. The first-order valence-corrected chi connectivity index (χ1v) is 3.69. The van der Waals surface area contributed by atoms with E-state index in [2.05, 4.69) is 0 Å². The van der Waals surface area contributed by atoms with E-state index in [1.165, 1.54) is 6.21 Å². The van der Waals surface area contributed by atoms with Crippen molar-refractivity contribution in [1.82, 2.24) is 0 Å². The van der Waals surface area contributed by atoms with Gasteiger partial charge >= 0.3 is 0 Å². The molecular formula is C9H14N2. The van der Waals surface area contributed by atoms with Crippen LogP contribution in [0.5, 0.6) is 0 Å². The van der Waals surface area contributed by atoms with E-state index in [4.69, 9.17) is 11.1 Å². The van der Waals surface area contributed by atoms with Gasteiger partial charge in [0.1, 0.15) is 0 Å². The van der Waals surface area contributed by atoms with Crippen LogP contribution < -0.4 is 5.73 Å². The highest BCUT2D eigenvalue weighted by Gasteiger charge is 1.88. The molecule has 0 spiro atoms. The van der Waals surface area contributed by atoms with Gasteiger partial charge in [-0.3, -0.25) is 0 Å². The van der Waals surface area contributed by atoms with Gasteiger partial charge in [0, 0.05) is 17.5 Å². The summed E-state index contributed by atoms with van der Waals surface area (Å²) in [5.74, 6) is 0. The van der Waals surface area contributed by atoms with Crippen LogP contribution in [-0.2, 0) is 0 Å². The highest BCUT2D eigenvalue weighted by Crippen LogP contribution is 2.05. The standard InChI is InChI=1S/C7H8N2.C2H6/c8-5-6-3-1-2-4-7(6)9;1-2/h1-5,8H,9H2;1-2H3. The lowest BCUT2D eigenvalue weighted by Crippen LogP contribution is -1.90. The van der Waals surface area contributed by atoms with E-state index >= 15 is 0 Å². The van der Waals surface area contributed by atoms with Crippen molar-refractivity contribution in [2.24, 2.45) is 0 Å². The van der Waals surface area contributed by atoms with Crippen LogP contribution in [0.2, 0.25) is 0 Å². The van der Waals surface area contributed by atoms with Gasteiger partial charge in [-0.25, -0.2) is 0 Å². The molecule has 2 nitrogen and oxygen atoms in total. The fourth-order valence-electron chi connectivity index (χ4n) is 0.642. The van der Waals surface area contributed by atoms with E-state index in [0.717, 1.165) is 5.56 Å². The third-order valence-corrected chi connectivity index (χ3v) is 1.15. The zero-order valence-corrected chi connectivity index (χ0v) is 6.96. The molecule has 0 aromatic heterocycles. The molecule has 0 fully saturated rings. The molecule has 0 aliphatic carbocycles. The van der Waals surface area contributed by atoms with Gasteiger partial charge in [-0.1, -0.05) is 32.0 Å².